The number of carbonyl (C=O) groups excluding carboxylic acids is 1. The summed E-state index contributed by atoms with van der Waals surface area (Å²) in [7, 11) is 0. The first-order valence-corrected chi connectivity index (χ1v) is 8.47. The molecule has 5 nitrogen and oxygen atoms in total. The van der Waals surface area contributed by atoms with Gasteiger partial charge in [0.2, 0.25) is 5.91 Å². The summed E-state index contributed by atoms with van der Waals surface area (Å²) in [4.78, 5) is 17.9. The van der Waals surface area contributed by atoms with Crippen molar-refractivity contribution in [3.8, 4) is 0 Å². The smallest absolute Gasteiger partial charge is 0.218 e. The molecule has 2 unspecified atom stereocenters. The van der Waals surface area contributed by atoms with Gasteiger partial charge < -0.3 is 16.0 Å². The van der Waals surface area contributed by atoms with Crippen LogP contribution in [0.3, 0.4) is 0 Å². The molecule has 5 heteroatoms. The maximum atomic E-state index is 11.1. The van der Waals surface area contributed by atoms with Gasteiger partial charge in [0.25, 0.3) is 0 Å². The fourth-order valence-corrected chi connectivity index (χ4v) is 3.83. The van der Waals surface area contributed by atoms with E-state index in [1.165, 1.54) is 11.8 Å². The fraction of sp³-hybridized carbons (Fsp3) is 0.421. The van der Waals surface area contributed by atoms with E-state index >= 15 is 0 Å². The van der Waals surface area contributed by atoms with Crippen molar-refractivity contribution in [1.82, 2.24) is 9.88 Å². The predicted octanol–water partition coefficient (Wildman–Crippen LogP) is 2.53. The van der Waals surface area contributed by atoms with E-state index in [0.717, 1.165) is 42.5 Å². The summed E-state index contributed by atoms with van der Waals surface area (Å²) in [5.41, 5.74) is 8.34. The zero-order chi connectivity index (χ0) is 17.1. The number of hydrogen-bond donors (Lipinski definition) is 2. The number of amides is 1. The average Bonchev–Trinajstić information content (AvgIpc) is 2.58. The maximum absolute atomic E-state index is 11.1. The van der Waals surface area contributed by atoms with Crippen LogP contribution in [0, 0.1) is 11.3 Å². The van der Waals surface area contributed by atoms with Crippen LogP contribution in [0.25, 0.3) is 10.9 Å². The molecule has 1 saturated heterocycles. The molecule has 3 rings (SSSR count). The van der Waals surface area contributed by atoms with Gasteiger partial charge in [0.1, 0.15) is 0 Å². The Kier molecular flexibility index (Phi) is 4.90. The second kappa shape index (κ2) is 7.09. The van der Waals surface area contributed by atoms with Crippen LogP contribution in [0.5, 0.6) is 0 Å². The highest BCUT2D eigenvalue weighted by molar-refractivity contribution is 5.98. The van der Waals surface area contributed by atoms with Crippen LogP contribution in [-0.4, -0.2) is 41.6 Å². The van der Waals surface area contributed by atoms with Crippen molar-refractivity contribution in [2.24, 2.45) is 11.7 Å². The molecule has 1 aliphatic rings. The number of aromatic nitrogens is 1. The van der Waals surface area contributed by atoms with Crippen LogP contribution >= 0.6 is 0 Å². The number of hydrogen-bond acceptors (Lipinski definition) is 4. The van der Waals surface area contributed by atoms with Crippen molar-refractivity contribution in [3.05, 3.63) is 41.6 Å². The Morgan fingerprint density at radius 2 is 2.25 bits per heavy atom. The van der Waals surface area contributed by atoms with Crippen molar-refractivity contribution < 1.29 is 4.79 Å². The van der Waals surface area contributed by atoms with Crippen molar-refractivity contribution in [2.45, 2.75) is 25.7 Å². The molecule has 0 spiro atoms. The zero-order valence-corrected chi connectivity index (χ0v) is 14.0. The molecule has 1 amide bonds. The third-order valence-corrected chi connectivity index (χ3v) is 4.84. The van der Waals surface area contributed by atoms with E-state index in [-0.39, 0.29) is 5.91 Å². The standard InChI is InChI=1S/C19H24N4O/c1-13-9-15(12-23(11-13)8-6-18(21)24)16-5-4-14(10-20)19-17(16)3-2-7-22-19/h2-5,7,10,13,15,20H,6,8-9,11-12H2,1H3,(H2,21,24). The molecule has 1 aromatic carbocycles. The molecule has 3 N–H and O–H groups in total. The number of nitrogens with zero attached hydrogens (tertiary/aromatic N) is 2. The third-order valence-electron chi connectivity index (χ3n) is 4.84. The van der Waals surface area contributed by atoms with Gasteiger partial charge in [-0.2, -0.15) is 0 Å². The molecule has 0 aliphatic carbocycles. The summed E-state index contributed by atoms with van der Waals surface area (Å²) >= 11 is 0. The fourth-order valence-electron chi connectivity index (χ4n) is 3.83. The summed E-state index contributed by atoms with van der Waals surface area (Å²) in [5.74, 6) is 0.744. The first kappa shape index (κ1) is 16.6. The van der Waals surface area contributed by atoms with Gasteiger partial charge >= 0.3 is 0 Å². The number of nitrogens with two attached hydrogens (primary N) is 1. The second-order valence-corrected chi connectivity index (χ2v) is 6.80. The van der Waals surface area contributed by atoms with Crippen molar-refractivity contribution in [2.75, 3.05) is 19.6 Å². The minimum Gasteiger partial charge on any atom is -0.370 e. The van der Waals surface area contributed by atoms with Crippen molar-refractivity contribution in [1.29, 1.82) is 5.41 Å². The SMILES string of the molecule is CC1CC(c2ccc(C=N)c3ncccc23)CN(CCC(N)=O)C1. The van der Waals surface area contributed by atoms with E-state index in [0.29, 0.717) is 18.3 Å². The van der Waals surface area contributed by atoms with Gasteiger partial charge in [0, 0.05) is 49.4 Å². The molecule has 2 heterocycles. The Morgan fingerprint density at radius 1 is 1.42 bits per heavy atom. The highest BCUT2D eigenvalue weighted by atomic mass is 16.1. The molecule has 24 heavy (non-hydrogen) atoms. The second-order valence-electron chi connectivity index (χ2n) is 6.80. The van der Waals surface area contributed by atoms with Gasteiger partial charge in [-0.1, -0.05) is 25.1 Å². The van der Waals surface area contributed by atoms with E-state index < -0.39 is 0 Å². The van der Waals surface area contributed by atoms with Gasteiger partial charge in [-0.05, 0) is 29.9 Å². The van der Waals surface area contributed by atoms with Crippen LogP contribution in [0.1, 0.15) is 36.8 Å². The van der Waals surface area contributed by atoms with E-state index in [1.54, 1.807) is 6.20 Å². The Morgan fingerprint density at radius 3 is 3.00 bits per heavy atom. The summed E-state index contributed by atoms with van der Waals surface area (Å²) < 4.78 is 0. The van der Waals surface area contributed by atoms with Gasteiger partial charge in [0.05, 0.1) is 5.52 Å². The number of pyridine rings is 1. The molecule has 0 radical (unpaired) electrons. The quantitative estimate of drug-likeness (QED) is 0.829. The lowest BCUT2D eigenvalue weighted by molar-refractivity contribution is -0.118. The Labute approximate surface area is 142 Å². The Hall–Kier alpha value is -2.27. The van der Waals surface area contributed by atoms with Crippen LogP contribution in [0.2, 0.25) is 0 Å². The normalized spacial score (nSPS) is 21.7. The van der Waals surface area contributed by atoms with Crippen molar-refractivity contribution >= 4 is 23.0 Å². The number of carbonyl (C=O) groups is 1. The summed E-state index contributed by atoms with van der Waals surface area (Å²) in [6, 6.07) is 8.18. The lowest BCUT2D eigenvalue weighted by Gasteiger charge is -2.37. The molecule has 2 aromatic rings. The highest BCUT2D eigenvalue weighted by Gasteiger charge is 2.27. The first-order chi connectivity index (χ1) is 11.6. The molecular formula is C19H24N4O. The number of rotatable bonds is 5. The van der Waals surface area contributed by atoms with Gasteiger partial charge in [0.15, 0.2) is 0 Å². The Bertz CT molecular complexity index is 758. The number of primary amides is 1. The van der Waals surface area contributed by atoms with Gasteiger partial charge in [-0.3, -0.25) is 9.78 Å². The third kappa shape index (κ3) is 3.46. The molecule has 126 valence electrons. The number of likely N-dealkylation sites (tertiary alicyclic amines) is 1. The minimum absolute atomic E-state index is 0.241. The monoisotopic (exact) mass is 324 g/mol. The van der Waals surface area contributed by atoms with Crippen LogP contribution in [0.4, 0.5) is 0 Å². The zero-order valence-electron chi connectivity index (χ0n) is 14.0. The highest BCUT2D eigenvalue weighted by Crippen LogP contribution is 2.34. The number of nitrogens with one attached hydrogen (secondary N) is 1. The van der Waals surface area contributed by atoms with Crippen LogP contribution in [0.15, 0.2) is 30.5 Å². The Balaban J connectivity index is 1.91. The summed E-state index contributed by atoms with van der Waals surface area (Å²) in [5, 5.41) is 8.71. The first-order valence-electron chi connectivity index (χ1n) is 8.47. The topological polar surface area (TPSA) is 83.1 Å². The molecule has 1 fully saturated rings. The predicted molar refractivity (Wildman–Crippen MR) is 96.4 cm³/mol. The van der Waals surface area contributed by atoms with Gasteiger partial charge in [-0.15, -0.1) is 0 Å². The number of piperidine rings is 1. The number of benzene rings is 1. The summed E-state index contributed by atoms with van der Waals surface area (Å²) in [6.45, 7) is 4.94. The maximum Gasteiger partial charge on any atom is 0.218 e. The van der Waals surface area contributed by atoms with Crippen LogP contribution in [-0.2, 0) is 4.79 Å². The molecule has 0 bridgehead atoms. The van der Waals surface area contributed by atoms with E-state index in [1.807, 2.05) is 12.1 Å². The van der Waals surface area contributed by atoms with Crippen molar-refractivity contribution in [3.63, 3.8) is 0 Å². The minimum atomic E-state index is -0.241. The lowest BCUT2D eigenvalue weighted by atomic mass is 9.83. The van der Waals surface area contributed by atoms with E-state index in [4.69, 9.17) is 11.1 Å². The van der Waals surface area contributed by atoms with E-state index in [2.05, 4.69) is 28.9 Å². The molecule has 1 aromatic heterocycles. The summed E-state index contributed by atoms with van der Waals surface area (Å²) in [6.07, 6.45) is 4.68. The largest absolute Gasteiger partial charge is 0.370 e. The van der Waals surface area contributed by atoms with E-state index in [9.17, 15) is 4.79 Å². The molecule has 0 saturated carbocycles. The number of fused-ring (bicyclic) bond motifs is 1. The average molecular weight is 324 g/mol. The van der Waals surface area contributed by atoms with Gasteiger partial charge in [-0.25, -0.2) is 0 Å². The molecule has 1 aliphatic heterocycles. The lowest BCUT2D eigenvalue weighted by Crippen LogP contribution is -2.40. The molecular weight excluding hydrogens is 300 g/mol. The molecule has 2 atom stereocenters. The van der Waals surface area contributed by atoms with Crippen LogP contribution < -0.4 is 5.73 Å².